The van der Waals surface area contributed by atoms with E-state index in [9.17, 15) is 28.8 Å². The smallest absolute Gasteiger partial charge is 0.253 e. The van der Waals surface area contributed by atoms with E-state index in [4.69, 9.17) is 37.9 Å². The Hall–Kier alpha value is -3.36. The van der Waals surface area contributed by atoms with Crippen LogP contribution in [0.2, 0.25) is 0 Å². The SMILES string of the molecule is COCCOCCOCCOCCOCCOCCOCCOCCC(=O)N[C@@H](CCCCN1C(=O)C=CC1=O)C(=O)NC(C(=O)N[C@@H](C)C=O)C(C)C. The number of methoxy groups -OCH3 is 1. The maximum Gasteiger partial charge on any atom is 0.253 e. The van der Waals surface area contributed by atoms with Crippen LogP contribution in [-0.2, 0) is 66.7 Å². The topological polar surface area (TPSA) is 216 Å². The Kier molecular flexibility index (Phi) is 28.8. The van der Waals surface area contributed by atoms with Crippen LogP contribution in [0, 0.1) is 5.92 Å². The van der Waals surface area contributed by atoms with Gasteiger partial charge in [0.25, 0.3) is 11.8 Å². The Bertz CT molecular complexity index is 1090. The molecule has 1 aliphatic rings. The molecule has 18 heteroatoms. The molecule has 18 nitrogen and oxygen atoms in total. The predicted molar refractivity (Wildman–Crippen MR) is 194 cm³/mol. The van der Waals surface area contributed by atoms with Crippen molar-refractivity contribution in [3.05, 3.63) is 12.2 Å². The van der Waals surface area contributed by atoms with Crippen LogP contribution in [0.25, 0.3) is 0 Å². The molecule has 3 atom stereocenters. The third-order valence-corrected chi connectivity index (χ3v) is 7.64. The van der Waals surface area contributed by atoms with Crippen molar-refractivity contribution in [3.8, 4) is 0 Å². The lowest BCUT2D eigenvalue weighted by molar-refractivity contribution is -0.137. The number of hydrogen-bond donors (Lipinski definition) is 3. The number of hydrogen-bond acceptors (Lipinski definition) is 14. The highest BCUT2D eigenvalue weighted by atomic mass is 16.6. The highest BCUT2D eigenvalue weighted by Gasteiger charge is 2.29. The fourth-order valence-electron chi connectivity index (χ4n) is 4.67. The lowest BCUT2D eigenvalue weighted by Crippen LogP contribution is -2.56. The largest absolute Gasteiger partial charge is 0.382 e. The van der Waals surface area contributed by atoms with Gasteiger partial charge in [0.2, 0.25) is 17.7 Å². The molecule has 0 aromatic rings. The monoisotopic (exact) mass is 774 g/mol. The second-order valence-corrected chi connectivity index (χ2v) is 12.5. The standard InChI is InChI=1S/C36H62N4O14/c1-28(2)34(36(46)37-29(3)27-41)39-35(45)30(7-5-6-11-40-32(43)8-9-33(40)44)38-31(42)10-12-48-15-16-50-19-20-52-23-24-54-26-25-53-22-21-51-18-17-49-14-13-47-4/h8-9,27-30,34H,5-7,10-26H2,1-4H3,(H,37,46)(H,38,42)(H,39,45)/t29-,30-,34?/m0/s1. The molecule has 5 amide bonds. The van der Waals surface area contributed by atoms with Gasteiger partial charge in [-0.2, -0.15) is 0 Å². The summed E-state index contributed by atoms with van der Waals surface area (Å²) in [6.45, 7) is 11.4. The number of nitrogens with zero attached hydrogens (tertiary/aromatic N) is 1. The second-order valence-electron chi connectivity index (χ2n) is 12.5. The van der Waals surface area contributed by atoms with E-state index in [2.05, 4.69) is 16.0 Å². The van der Waals surface area contributed by atoms with Gasteiger partial charge in [-0.3, -0.25) is 28.9 Å². The van der Waals surface area contributed by atoms with E-state index in [1.165, 1.54) is 19.1 Å². The van der Waals surface area contributed by atoms with Crippen LogP contribution in [0.15, 0.2) is 12.2 Å². The summed E-state index contributed by atoms with van der Waals surface area (Å²) in [7, 11) is 1.63. The maximum absolute atomic E-state index is 13.3. The molecule has 1 rings (SSSR count). The molecule has 0 saturated carbocycles. The Labute approximate surface area is 318 Å². The van der Waals surface area contributed by atoms with Crippen molar-refractivity contribution in [1.29, 1.82) is 0 Å². The zero-order valence-electron chi connectivity index (χ0n) is 32.3. The Morgan fingerprint density at radius 1 is 0.630 bits per heavy atom. The van der Waals surface area contributed by atoms with Gasteiger partial charge in [0.15, 0.2) is 0 Å². The molecule has 0 aliphatic carbocycles. The molecule has 1 aliphatic heterocycles. The molecule has 3 N–H and O–H groups in total. The summed E-state index contributed by atoms with van der Waals surface area (Å²) >= 11 is 0. The first-order chi connectivity index (χ1) is 26.1. The van der Waals surface area contributed by atoms with Crippen molar-refractivity contribution < 1.29 is 66.7 Å². The van der Waals surface area contributed by atoms with Gasteiger partial charge in [0, 0.05) is 32.2 Å². The van der Waals surface area contributed by atoms with Crippen LogP contribution >= 0.6 is 0 Å². The average Bonchev–Trinajstić information content (AvgIpc) is 3.47. The molecule has 0 saturated heterocycles. The lowest BCUT2D eigenvalue weighted by atomic mass is 10.0. The molecule has 0 spiro atoms. The van der Waals surface area contributed by atoms with E-state index in [1.54, 1.807) is 21.0 Å². The molecule has 0 aromatic heterocycles. The highest BCUT2D eigenvalue weighted by Crippen LogP contribution is 2.10. The van der Waals surface area contributed by atoms with Gasteiger partial charge >= 0.3 is 0 Å². The minimum Gasteiger partial charge on any atom is -0.382 e. The molecular formula is C36H62N4O14. The Balaban J connectivity index is 2.24. The lowest BCUT2D eigenvalue weighted by Gasteiger charge is -2.26. The number of unbranched alkanes of at least 4 members (excludes halogenated alkanes) is 1. The quantitative estimate of drug-likeness (QED) is 0.0419. The van der Waals surface area contributed by atoms with Gasteiger partial charge in [-0.25, -0.2) is 0 Å². The minimum atomic E-state index is -0.992. The van der Waals surface area contributed by atoms with E-state index in [-0.39, 0.29) is 38.5 Å². The molecule has 1 heterocycles. The average molecular weight is 775 g/mol. The van der Waals surface area contributed by atoms with Crippen molar-refractivity contribution in [3.63, 3.8) is 0 Å². The normalized spacial score (nSPS) is 14.4. The number of aldehydes is 1. The van der Waals surface area contributed by atoms with Crippen LogP contribution in [0.5, 0.6) is 0 Å². The number of carbonyl (C=O) groups is 6. The number of nitrogens with one attached hydrogen (secondary N) is 3. The molecule has 1 unspecified atom stereocenters. The molecule has 54 heavy (non-hydrogen) atoms. The van der Waals surface area contributed by atoms with Crippen LogP contribution in [0.1, 0.15) is 46.5 Å². The molecule has 0 fully saturated rings. The van der Waals surface area contributed by atoms with Crippen molar-refractivity contribution in [1.82, 2.24) is 20.9 Å². The number of carbonyl (C=O) groups excluding carboxylic acids is 6. The Morgan fingerprint density at radius 2 is 1.07 bits per heavy atom. The van der Waals surface area contributed by atoms with E-state index in [0.29, 0.717) is 105 Å². The van der Waals surface area contributed by atoms with E-state index < -0.39 is 47.7 Å². The number of amides is 5. The van der Waals surface area contributed by atoms with Gasteiger partial charge in [0.1, 0.15) is 18.4 Å². The first-order valence-corrected chi connectivity index (χ1v) is 18.5. The van der Waals surface area contributed by atoms with E-state index in [1.807, 2.05) is 0 Å². The van der Waals surface area contributed by atoms with Gasteiger partial charge in [-0.05, 0) is 32.1 Å². The molecule has 0 bridgehead atoms. The molecule has 0 aromatic carbocycles. The third kappa shape index (κ3) is 24.1. The molecule has 310 valence electrons. The summed E-state index contributed by atoms with van der Waals surface area (Å²) in [6, 6.07) is -2.68. The van der Waals surface area contributed by atoms with Crippen molar-refractivity contribution >= 4 is 35.8 Å². The third-order valence-electron chi connectivity index (χ3n) is 7.64. The number of ether oxygens (including phenoxy) is 8. The first-order valence-electron chi connectivity index (χ1n) is 18.5. The van der Waals surface area contributed by atoms with Gasteiger partial charge in [-0.1, -0.05) is 13.8 Å². The van der Waals surface area contributed by atoms with Crippen LogP contribution in [0.3, 0.4) is 0 Å². The summed E-state index contributed by atoms with van der Waals surface area (Å²) in [6.07, 6.45) is 3.96. The summed E-state index contributed by atoms with van der Waals surface area (Å²) in [5.41, 5.74) is 0. The van der Waals surface area contributed by atoms with Crippen molar-refractivity contribution in [2.75, 3.05) is 113 Å². The zero-order chi connectivity index (χ0) is 39.8. The Morgan fingerprint density at radius 3 is 1.50 bits per heavy atom. The van der Waals surface area contributed by atoms with E-state index >= 15 is 0 Å². The fraction of sp³-hybridized carbons (Fsp3) is 0.778. The van der Waals surface area contributed by atoms with Crippen LogP contribution < -0.4 is 16.0 Å². The number of rotatable bonds is 36. The van der Waals surface area contributed by atoms with Gasteiger partial charge in [-0.15, -0.1) is 0 Å². The van der Waals surface area contributed by atoms with E-state index in [0.717, 1.165) is 4.90 Å². The van der Waals surface area contributed by atoms with Crippen molar-refractivity contribution in [2.45, 2.75) is 64.6 Å². The number of imide groups is 1. The maximum atomic E-state index is 13.3. The molecule has 0 radical (unpaired) electrons. The summed E-state index contributed by atoms with van der Waals surface area (Å²) < 4.78 is 42.9. The van der Waals surface area contributed by atoms with Crippen LogP contribution in [-0.4, -0.2) is 172 Å². The summed E-state index contributed by atoms with van der Waals surface area (Å²) in [5.74, 6) is -2.63. The van der Waals surface area contributed by atoms with Crippen LogP contribution in [0.4, 0.5) is 0 Å². The zero-order valence-corrected chi connectivity index (χ0v) is 32.3. The second kappa shape index (κ2) is 31.9. The van der Waals surface area contributed by atoms with Gasteiger partial charge < -0.3 is 58.6 Å². The summed E-state index contributed by atoms with van der Waals surface area (Å²) in [4.78, 5) is 74.6. The first kappa shape index (κ1) is 48.7. The van der Waals surface area contributed by atoms with Crippen molar-refractivity contribution in [2.24, 2.45) is 5.92 Å². The highest BCUT2D eigenvalue weighted by molar-refractivity contribution is 6.12. The minimum absolute atomic E-state index is 0.0236. The summed E-state index contributed by atoms with van der Waals surface area (Å²) in [5, 5.41) is 7.93. The molecular weight excluding hydrogens is 712 g/mol. The fourth-order valence-corrected chi connectivity index (χ4v) is 4.67. The van der Waals surface area contributed by atoms with Gasteiger partial charge in [0.05, 0.1) is 105 Å². The predicted octanol–water partition coefficient (Wildman–Crippen LogP) is -0.436.